The Morgan fingerprint density at radius 3 is 2.59 bits per heavy atom. The molecule has 1 amide bonds. The topological polar surface area (TPSA) is 64.3 Å². The summed E-state index contributed by atoms with van der Waals surface area (Å²) in [6, 6.07) is 0. The van der Waals surface area contributed by atoms with E-state index in [2.05, 4.69) is 19.2 Å². The van der Waals surface area contributed by atoms with Gasteiger partial charge in [-0.05, 0) is 18.8 Å². The first-order valence-electron chi connectivity index (χ1n) is 6.65. The molecule has 4 nitrogen and oxygen atoms in total. The molecule has 100 valence electrons. The lowest BCUT2D eigenvalue weighted by Crippen LogP contribution is -2.46. The van der Waals surface area contributed by atoms with Crippen LogP contribution in [-0.2, 0) is 9.53 Å². The average Bonchev–Trinajstić information content (AvgIpc) is 2.27. The largest absolute Gasteiger partial charge is 0.370 e. The zero-order valence-electron chi connectivity index (χ0n) is 11.1. The Labute approximate surface area is 104 Å². The Hall–Kier alpha value is -0.610. The van der Waals surface area contributed by atoms with Crippen molar-refractivity contribution in [3.05, 3.63) is 0 Å². The Bertz CT molecular complexity index is 236. The summed E-state index contributed by atoms with van der Waals surface area (Å²) in [6.07, 6.45) is 5.66. The lowest BCUT2D eigenvalue weighted by atomic mass is 9.83. The van der Waals surface area contributed by atoms with Crippen molar-refractivity contribution in [3.8, 4) is 0 Å². The minimum Gasteiger partial charge on any atom is -0.370 e. The van der Waals surface area contributed by atoms with E-state index in [-0.39, 0.29) is 18.1 Å². The minimum absolute atomic E-state index is 0.0434. The van der Waals surface area contributed by atoms with Gasteiger partial charge in [0.1, 0.15) is 6.61 Å². The fourth-order valence-corrected chi connectivity index (χ4v) is 2.12. The lowest BCUT2D eigenvalue weighted by molar-refractivity contribution is -0.126. The first kappa shape index (κ1) is 14.5. The van der Waals surface area contributed by atoms with Gasteiger partial charge in [0.2, 0.25) is 5.91 Å². The molecule has 0 atom stereocenters. The van der Waals surface area contributed by atoms with Crippen molar-refractivity contribution < 1.29 is 9.53 Å². The number of amides is 1. The maximum absolute atomic E-state index is 11.4. The monoisotopic (exact) mass is 242 g/mol. The SMILES string of the molecule is CC(C)CNC(=O)COCC1(N)CCCCC1. The van der Waals surface area contributed by atoms with Crippen LogP contribution >= 0.6 is 0 Å². The van der Waals surface area contributed by atoms with E-state index in [1.54, 1.807) is 0 Å². The van der Waals surface area contributed by atoms with E-state index in [4.69, 9.17) is 10.5 Å². The zero-order valence-corrected chi connectivity index (χ0v) is 11.1. The predicted molar refractivity (Wildman–Crippen MR) is 68.7 cm³/mol. The zero-order chi connectivity index (χ0) is 12.7. The Kier molecular flexibility index (Phi) is 5.92. The molecule has 1 saturated carbocycles. The highest BCUT2D eigenvalue weighted by molar-refractivity contribution is 5.77. The molecule has 0 aromatic carbocycles. The smallest absolute Gasteiger partial charge is 0.246 e. The third-order valence-corrected chi connectivity index (χ3v) is 3.18. The third kappa shape index (κ3) is 6.03. The van der Waals surface area contributed by atoms with Crippen LogP contribution in [0.2, 0.25) is 0 Å². The number of hydrogen-bond donors (Lipinski definition) is 2. The number of nitrogens with one attached hydrogen (secondary N) is 1. The van der Waals surface area contributed by atoms with Crippen molar-refractivity contribution in [3.63, 3.8) is 0 Å². The molecule has 4 heteroatoms. The van der Waals surface area contributed by atoms with Crippen LogP contribution in [0.5, 0.6) is 0 Å². The summed E-state index contributed by atoms with van der Waals surface area (Å²) in [6.45, 7) is 5.47. The summed E-state index contributed by atoms with van der Waals surface area (Å²) < 4.78 is 5.43. The van der Waals surface area contributed by atoms with Crippen LogP contribution in [0, 0.1) is 5.92 Å². The normalized spacial score (nSPS) is 19.3. The standard InChI is InChI=1S/C13H26N2O2/c1-11(2)8-15-12(16)9-17-10-13(14)6-4-3-5-7-13/h11H,3-10,14H2,1-2H3,(H,15,16). The minimum atomic E-state index is -0.198. The predicted octanol–water partition coefficient (Wildman–Crippen LogP) is 1.44. The van der Waals surface area contributed by atoms with Crippen molar-refractivity contribution in [2.45, 2.75) is 51.5 Å². The molecule has 0 radical (unpaired) electrons. The van der Waals surface area contributed by atoms with Gasteiger partial charge in [-0.3, -0.25) is 4.79 Å². The Balaban J connectivity index is 2.11. The van der Waals surface area contributed by atoms with E-state index < -0.39 is 0 Å². The van der Waals surface area contributed by atoms with Gasteiger partial charge >= 0.3 is 0 Å². The van der Waals surface area contributed by atoms with E-state index in [1.165, 1.54) is 19.3 Å². The van der Waals surface area contributed by atoms with Crippen molar-refractivity contribution in [1.29, 1.82) is 0 Å². The number of carbonyl (C=O) groups excluding carboxylic acids is 1. The van der Waals surface area contributed by atoms with Crippen molar-refractivity contribution in [2.24, 2.45) is 11.7 Å². The van der Waals surface area contributed by atoms with E-state index in [9.17, 15) is 4.79 Å². The molecule has 0 unspecified atom stereocenters. The number of hydrogen-bond acceptors (Lipinski definition) is 3. The summed E-state index contributed by atoms with van der Waals surface area (Å²) in [7, 11) is 0. The molecule has 0 aliphatic heterocycles. The Morgan fingerprint density at radius 2 is 2.00 bits per heavy atom. The summed E-state index contributed by atoms with van der Waals surface area (Å²) in [5.74, 6) is 0.427. The summed E-state index contributed by atoms with van der Waals surface area (Å²) in [5, 5.41) is 2.83. The van der Waals surface area contributed by atoms with Crippen LogP contribution in [0.3, 0.4) is 0 Å². The molecule has 0 aromatic rings. The molecule has 0 heterocycles. The van der Waals surface area contributed by atoms with Crippen LogP contribution in [0.15, 0.2) is 0 Å². The first-order chi connectivity index (χ1) is 8.02. The van der Waals surface area contributed by atoms with Crippen LogP contribution < -0.4 is 11.1 Å². The fraction of sp³-hybridized carbons (Fsp3) is 0.923. The molecule has 0 aromatic heterocycles. The highest BCUT2D eigenvalue weighted by atomic mass is 16.5. The molecule has 0 spiro atoms. The van der Waals surface area contributed by atoms with Gasteiger partial charge < -0.3 is 15.8 Å². The maximum atomic E-state index is 11.4. The van der Waals surface area contributed by atoms with E-state index >= 15 is 0 Å². The molecule has 0 saturated heterocycles. The van der Waals surface area contributed by atoms with Gasteiger partial charge in [0.15, 0.2) is 0 Å². The molecule has 1 fully saturated rings. The van der Waals surface area contributed by atoms with Crippen LogP contribution in [0.25, 0.3) is 0 Å². The van der Waals surface area contributed by atoms with Crippen LogP contribution in [-0.4, -0.2) is 31.2 Å². The van der Waals surface area contributed by atoms with Gasteiger partial charge in [-0.15, -0.1) is 0 Å². The molecular formula is C13H26N2O2. The molecular weight excluding hydrogens is 216 g/mol. The quantitative estimate of drug-likeness (QED) is 0.740. The molecule has 17 heavy (non-hydrogen) atoms. The van der Waals surface area contributed by atoms with Crippen LogP contribution in [0.4, 0.5) is 0 Å². The number of nitrogens with two attached hydrogens (primary N) is 1. The molecule has 1 rings (SSSR count). The second-order valence-corrected chi connectivity index (χ2v) is 5.61. The highest BCUT2D eigenvalue weighted by Gasteiger charge is 2.27. The van der Waals surface area contributed by atoms with E-state index in [0.717, 1.165) is 12.8 Å². The Morgan fingerprint density at radius 1 is 1.35 bits per heavy atom. The highest BCUT2D eigenvalue weighted by Crippen LogP contribution is 2.25. The second-order valence-electron chi connectivity index (χ2n) is 5.61. The number of ether oxygens (including phenoxy) is 1. The number of carbonyl (C=O) groups is 1. The first-order valence-corrected chi connectivity index (χ1v) is 6.65. The van der Waals surface area contributed by atoms with Crippen molar-refractivity contribution in [1.82, 2.24) is 5.32 Å². The molecule has 0 bridgehead atoms. The third-order valence-electron chi connectivity index (χ3n) is 3.18. The molecule has 1 aliphatic carbocycles. The van der Waals surface area contributed by atoms with E-state index in [0.29, 0.717) is 19.1 Å². The number of rotatable bonds is 6. The molecule has 1 aliphatic rings. The van der Waals surface area contributed by atoms with Gasteiger partial charge in [-0.25, -0.2) is 0 Å². The van der Waals surface area contributed by atoms with Gasteiger partial charge in [0.25, 0.3) is 0 Å². The fourth-order valence-electron chi connectivity index (χ4n) is 2.12. The van der Waals surface area contributed by atoms with Crippen molar-refractivity contribution in [2.75, 3.05) is 19.8 Å². The summed E-state index contributed by atoms with van der Waals surface area (Å²) >= 11 is 0. The van der Waals surface area contributed by atoms with Crippen LogP contribution in [0.1, 0.15) is 46.0 Å². The lowest BCUT2D eigenvalue weighted by Gasteiger charge is -2.32. The van der Waals surface area contributed by atoms with Crippen molar-refractivity contribution >= 4 is 5.91 Å². The van der Waals surface area contributed by atoms with Gasteiger partial charge in [0.05, 0.1) is 6.61 Å². The van der Waals surface area contributed by atoms with Gasteiger partial charge in [-0.1, -0.05) is 33.1 Å². The maximum Gasteiger partial charge on any atom is 0.246 e. The van der Waals surface area contributed by atoms with Gasteiger partial charge in [-0.2, -0.15) is 0 Å². The summed E-state index contributed by atoms with van der Waals surface area (Å²) in [4.78, 5) is 11.4. The average molecular weight is 242 g/mol. The molecule has 3 N–H and O–H groups in total. The van der Waals surface area contributed by atoms with E-state index in [1.807, 2.05) is 0 Å². The second kappa shape index (κ2) is 6.97. The van der Waals surface area contributed by atoms with Gasteiger partial charge in [0, 0.05) is 12.1 Å². The summed E-state index contributed by atoms with van der Waals surface area (Å²) in [5.41, 5.74) is 6.01.